The first-order valence-electron chi connectivity index (χ1n) is 2.91. The van der Waals surface area contributed by atoms with Gasteiger partial charge in [-0.15, -0.1) is 0 Å². The molecule has 0 aliphatic heterocycles. The predicted molar refractivity (Wildman–Crippen MR) is 52.9 cm³/mol. The maximum absolute atomic E-state index is 10.3. The maximum atomic E-state index is 10.3. The van der Waals surface area contributed by atoms with Gasteiger partial charge in [-0.2, -0.15) is 0 Å². The second-order valence-corrected chi connectivity index (χ2v) is 3.74. The molecule has 4 nitrogen and oxygen atoms in total. The summed E-state index contributed by atoms with van der Waals surface area (Å²) in [5.74, 6) is 0. The van der Waals surface area contributed by atoms with Crippen LogP contribution in [-0.4, -0.2) is 4.92 Å². The number of hydrogen-bond donors (Lipinski definition) is 1. The van der Waals surface area contributed by atoms with Gasteiger partial charge in [0.1, 0.15) is 0 Å². The monoisotopic (exact) mass is 294 g/mol. The van der Waals surface area contributed by atoms with Crippen LogP contribution in [0.15, 0.2) is 21.1 Å². The minimum Gasteiger partial charge on any atom is -0.398 e. The van der Waals surface area contributed by atoms with E-state index < -0.39 is 4.92 Å². The molecule has 0 atom stereocenters. The van der Waals surface area contributed by atoms with Gasteiger partial charge in [0.2, 0.25) is 0 Å². The van der Waals surface area contributed by atoms with Gasteiger partial charge in [0.05, 0.1) is 15.1 Å². The Hall–Kier alpha value is -0.620. The summed E-state index contributed by atoms with van der Waals surface area (Å²) in [6, 6.07) is 2.69. The molecule has 12 heavy (non-hydrogen) atoms. The fourth-order valence-corrected chi connectivity index (χ4v) is 1.39. The molecule has 2 N–H and O–H groups in total. The molecule has 0 saturated carbocycles. The Balaban J connectivity index is 3.31. The minimum absolute atomic E-state index is 0.0254. The van der Waals surface area contributed by atoms with Crippen LogP contribution in [0.1, 0.15) is 0 Å². The highest BCUT2D eigenvalue weighted by atomic mass is 79.9. The van der Waals surface area contributed by atoms with Crippen molar-refractivity contribution in [3.63, 3.8) is 0 Å². The number of nitro benzene ring substituents is 1. The van der Waals surface area contributed by atoms with Crippen molar-refractivity contribution in [2.75, 3.05) is 5.73 Å². The zero-order chi connectivity index (χ0) is 9.30. The summed E-state index contributed by atoms with van der Waals surface area (Å²) < 4.78 is 1.21. The van der Waals surface area contributed by atoms with Gasteiger partial charge in [0.25, 0.3) is 5.69 Å². The van der Waals surface area contributed by atoms with Crippen LogP contribution in [-0.2, 0) is 0 Å². The van der Waals surface area contributed by atoms with Crippen molar-refractivity contribution in [1.82, 2.24) is 0 Å². The van der Waals surface area contributed by atoms with E-state index in [1.54, 1.807) is 0 Å². The molecule has 0 saturated heterocycles. The summed E-state index contributed by atoms with van der Waals surface area (Å²) in [5, 5.41) is 10.3. The predicted octanol–water partition coefficient (Wildman–Crippen LogP) is 2.70. The lowest BCUT2D eigenvalue weighted by Crippen LogP contribution is -1.92. The summed E-state index contributed by atoms with van der Waals surface area (Å²) in [6.45, 7) is 0. The highest BCUT2D eigenvalue weighted by Crippen LogP contribution is 2.32. The van der Waals surface area contributed by atoms with Crippen LogP contribution < -0.4 is 5.73 Å². The quantitative estimate of drug-likeness (QED) is 0.492. The molecule has 0 aromatic heterocycles. The van der Waals surface area contributed by atoms with Crippen LogP contribution in [0.25, 0.3) is 0 Å². The number of nitrogens with zero attached hydrogens (tertiary/aromatic N) is 1. The topological polar surface area (TPSA) is 69.2 Å². The molecule has 64 valence electrons. The van der Waals surface area contributed by atoms with Crippen molar-refractivity contribution in [3.05, 3.63) is 31.2 Å². The van der Waals surface area contributed by atoms with Gasteiger partial charge in [-0.05, 0) is 31.9 Å². The molecule has 0 spiro atoms. The van der Waals surface area contributed by atoms with Crippen LogP contribution in [0.3, 0.4) is 0 Å². The van der Waals surface area contributed by atoms with Crippen LogP contribution in [0.5, 0.6) is 0 Å². The third-order valence-corrected chi connectivity index (χ3v) is 3.29. The molecule has 0 unspecified atom stereocenters. The van der Waals surface area contributed by atoms with E-state index >= 15 is 0 Å². The Labute approximate surface area is 85.2 Å². The lowest BCUT2D eigenvalue weighted by atomic mass is 10.3. The average Bonchev–Trinajstić information content (AvgIpc) is 1.99. The van der Waals surface area contributed by atoms with Crippen molar-refractivity contribution in [1.29, 1.82) is 0 Å². The lowest BCUT2D eigenvalue weighted by Gasteiger charge is -2.00. The Morgan fingerprint density at radius 1 is 1.42 bits per heavy atom. The molecular weight excluding hydrogens is 292 g/mol. The fourth-order valence-electron chi connectivity index (χ4n) is 0.701. The molecule has 0 aliphatic carbocycles. The first kappa shape index (κ1) is 9.47. The average molecular weight is 296 g/mol. The smallest absolute Gasteiger partial charge is 0.272 e. The summed E-state index contributed by atoms with van der Waals surface area (Å²) in [6.07, 6.45) is 0. The first-order chi connectivity index (χ1) is 5.52. The number of non-ortho nitro benzene ring substituents is 1. The van der Waals surface area contributed by atoms with Gasteiger partial charge in [-0.3, -0.25) is 10.1 Å². The van der Waals surface area contributed by atoms with Crippen molar-refractivity contribution < 1.29 is 4.92 Å². The number of nitrogens with two attached hydrogens (primary N) is 1. The van der Waals surface area contributed by atoms with E-state index in [1.165, 1.54) is 12.1 Å². The second kappa shape index (κ2) is 3.40. The van der Waals surface area contributed by atoms with Crippen molar-refractivity contribution in [2.45, 2.75) is 0 Å². The summed E-state index contributed by atoms with van der Waals surface area (Å²) in [5.41, 5.74) is 5.80. The van der Waals surface area contributed by atoms with Crippen molar-refractivity contribution in [3.8, 4) is 0 Å². The molecule has 0 heterocycles. The Bertz CT molecular complexity index is 317. The number of hydrogen-bond acceptors (Lipinski definition) is 3. The van der Waals surface area contributed by atoms with Crippen molar-refractivity contribution >= 4 is 43.2 Å². The molecule has 0 radical (unpaired) electrons. The van der Waals surface area contributed by atoms with E-state index in [9.17, 15) is 10.1 Å². The van der Waals surface area contributed by atoms with Gasteiger partial charge < -0.3 is 5.73 Å². The molecular formula is C6H4Br2N2O2. The van der Waals surface area contributed by atoms with Gasteiger partial charge >= 0.3 is 0 Å². The summed E-state index contributed by atoms with van der Waals surface area (Å²) in [4.78, 5) is 9.84. The number of anilines is 1. The molecule has 1 aromatic rings. The maximum Gasteiger partial charge on any atom is 0.272 e. The number of halogens is 2. The zero-order valence-electron chi connectivity index (χ0n) is 5.75. The van der Waals surface area contributed by atoms with E-state index in [0.717, 1.165) is 0 Å². The Morgan fingerprint density at radius 2 is 2.00 bits per heavy atom. The van der Waals surface area contributed by atoms with Gasteiger partial charge in [0, 0.05) is 16.6 Å². The van der Waals surface area contributed by atoms with Gasteiger partial charge in [-0.1, -0.05) is 0 Å². The number of benzene rings is 1. The zero-order valence-corrected chi connectivity index (χ0v) is 8.92. The summed E-state index contributed by atoms with van der Waals surface area (Å²) >= 11 is 6.30. The molecule has 1 aromatic carbocycles. The largest absolute Gasteiger partial charge is 0.398 e. The van der Waals surface area contributed by atoms with E-state index in [1.807, 2.05) is 0 Å². The van der Waals surface area contributed by atoms with Crippen LogP contribution in [0, 0.1) is 10.1 Å². The molecule has 0 fully saturated rings. The van der Waals surface area contributed by atoms with Crippen molar-refractivity contribution in [2.24, 2.45) is 0 Å². The fraction of sp³-hybridized carbons (Fsp3) is 0. The third-order valence-electron chi connectivity index (χ3n) is 1.25. The van der Waals surface area contributed by atoms with Gasteiger partial charge in [-0.25, -0.2) is 0 Å². The SMILES string of the molecule is Nc1cc([N+](=O)[O-])cc(Br)c1Br. The van der Waals surface area contributed by atoms with E-state index in [0.29, 0.717) is 14.6 Å². The van der Waals surface area contributed by atoms with E-state index in [2.05, 4.69) is 31.9 Å². The Morgan fingerprint density at radius 3 is 2.42 bits per heavy atom. The third kappa shape index (κ3) is 1.75. The van der Waals surface area contributed by atoms with Gasteiger partial charge in [0.15, 0.2) is 0 Å². The molecule has 0 bridgehead atoms. The first-order valence-corrected chi connectivity index (χ1v) is 4.50. The summed E-state index contributed by atoms with van der Waals surface area (Å²) in [7, 11) is 0. The number of nitrogen functional groups attached to an aromatic ring is 1. The lowest BCUT2D eigenvalue weighted by molar-refractivity contribution is -0.384. The molecule has 6 heteroatoms. The standard InChI is InChI=1S/C6H4Br2N2O2/c7-4-1-3(10(11)12)2-5(9)6(4)8/h1-2H,9H2. The van der Waals surface area contributed by atoms with Crippen LogP contribution in [0.2, 0.25) is 0 Å². The van der Waals surface area contributed by atoms with E-state index in [-0.39, 0.29) is 5.69 Å². The minimum atomic E-state index is -0.492. The number of rotatable bonds is 1. The molecule has 1 rings (SSSR count). The normalized spacial score (nSPS) is 9.83. The molecule has 0 aliphatic rings. The number of nitro groups is 1. The second-order valence-electron chi connectivity index (χ2n) is 2.09. The molecule has 0 amide bonds. The van der Waals surface area contributed by atoms with Crippen LogP contribution >= 0.6 is 31.9 Å². The highest BCUT2D eigenvalue weighted by molar-refractivity contribution is 9.13. The van der Waals surface area contributed by atoms with Crippen LogP contribution in [0.4, 0.5) is 11.4 Å². The van der Waals surface area contributed by atoms with E-state index in [4.69, 9.17) is 5.73 Å². The Kier molecular flexibility index (Phi) is 2.69. The highest BCUT2D eigenvalue weighted by Gasteiger charge is 2.11.